The Hall–Kier alpha value is -1.18. The van der Waals surface area contributed by atoms with Gasteiger partial charge in [0.2, 0.25) is 0 Å². The van der Waals surface area contributed by atoms with Gasteiger partial charge in [-0.25, -0.2) is 0 Å². The fourth-order valence-corrected chi connectivity index (χ4v) is 2.14. The van der Waals surface area contributed by atoms with E-state index in [1.165, 1.54) is 25.7 Å². The summed E-state index contributed by atoms with van der Waals surface area (Å²) in [5.74, 6) is 1.88. The number of hydrogen-bond acceptors (Lipinski definition) is 2. The van der Waals surface area contributed by atoms with E-state index in [0.29, 0.717) is 6.10 Å². The van der Waals surface area contributed by atoms with Crippen molar-refractivity contribution < 1.29 is 9.47 Å². The molecule has 1 aromatic carbocycles. The van der Waals surface area contributed by atoms with E-state index in [4.69, 9.17) is 9.47 Å². The number of unbranched alkanes of at least 4 members (excludes halogenated alkanes) is 1. The lowest BCUT2D eigenvalue weighted by atomic mass is 9.98. The van der Waals surface area contributed by atoms with Crippen LogP contribution in [-0.4, -0.2) is 12.7 Å². The SMILES string of the molecule is CCCCOc1ccc(OC2[CH]CCCC2)cc1. The smallest absolute Gasteiger partial charge is 0.120 e. The summed E-state index contributed by atoms with van der Waals surface area (Å²) in [7, 11) is 0. The Bertz CT molecular complexity index is 325. The molecule has 0 saturated heterocycles. The fraction of sp³-hybridized carbons (Fsp3) is 0.562. The van der Waals surface area contributed by atoms with Gasteiger partial charge in [0.15, 0.2) is 0 Å². The van der Waals surface area contributed by atoms with E-state index in [2.05, 4.69) is 13.3 Å². The highest BCUT2D eigenvalue weighted by molar-refractivity contribution is 5.31. The third-order valence-electron chi connectivity index (χ3n) is 3.25. The van der Waals surface area contributed by atoms with Crippen LogP contribution >= 0.6 is 0 Å². The first-order valence-corrected chi connectivity index (χ1v) is 7.11. The summed E-state index contributed by atoms with van der Waals surface area (Å²) >= 11 is 0. The van der Waals surface area contributed by atoms with Crippen molar-refractivity contribution in [1.82, 2.24) is 0 Å². The first-order valence-electron chi connectivity index (χ1n) is 7.11. The van der Waals surface area contributed by atoms with Gasteiger partial charge in [-0.3, -0.25) is 0 Å². The molecular formula is C16H23O2. The molecule has 0 bridgehead atoms. The third kappa shape index (κ3) is 4.25. The molecule has 1 unspecified atom stereocenters. The molecule has 0 amide bonds. The second kappa shape index (κ2) is 7.30. The van der Waals surface area contributed by atoms with E-state index >= 15 is 0 Å². The maximum absolute atomic E-state index is 5.92. The lowest BCUT2D eigenvalue weighted by Gasteiger charge is -2.22. The topological polar surface area (TPSA) is 18.5 Å². The molecule has 2 nitrogen and oxygen atoms in total. The number of hydrogen-bond donors (Lipinski definition) is 0. The molecule has 0 aliphatic heterocycles. The lowest BCUT2D eigenvalue weighted by molar-refractivity contribution is 0.199. The Balaban J connectivity index is 1.79. The predicted molar refractivity (Wildman–Crippen MR) is 74.0 cm³/mol. The zero-order valence-electron chi connectivity index (χ0n) is 11.2. The molecule has 0 aromatic heterocycles. The van der Waals surface area contributed by atoms with E-state index in [1.54, 1.807) is 0 Å². The zero-order chi connectivity index (χ0) is 12.6. The highest BCUT2D eigenvalue weighted by Gasteiger charge is 2.14. The Labute approximate surface area is 110 Å². The second-order valence-electron chi connectivity index (χ2n) is 4.85. The molecule has 2 heteroatoms. The van der Waals surface area contributed by atoms with Gasteiger partial charge in [0.05, 0.1) is 6.61 Å². The molecule has 1 aliphatic rings. The van der Waals surface area contributed by atoms with Crippen LogP contribution in [0.2, 0.25) is 0 Å². The monoisotopic (exact) mass is 247 g/mol. The summed E-state index contributed by atoms with van der Waals surface area (Å²) in [6, 6.07) is 8.00. The second-order valence-corrected chi connectivity index (χ2v) is 4.85. The molecule has 99 valence electrons. The van der Waals surface area contributed by atoms with E-state index in [1.807, 2.05) is 24.3 Å². The molecule has 1 aliphatic carbocycles. The van der Waals surface area contributed by atoms with Crippen molar-refractivity contribution >= 4 is 0 Å². The van der Waals surface area contributed by atoms with E-state index in [9.17, 15) is 0 Å². The van der Waals surface area contributed by atoms with Gasteiger partial charge in [0.25, 0.3) is 0 Å². The van der Waals surface area contributed by atoms with E-state index < -0.39 is 0 Å². The maximum atomic E-state index is 5.92. The van der Waals surface area contributed by atoms with Gasteiger partial charge in [-0.15, -0.1) is 0 Å². The van der Waals surface area contributed by atoms with Gasteiger partial charge in [-0.2, -0.15) is 0 Å². The molecule has 0 spiro atoms. The molecule has 18 heavy (non-hydrogen) atoms. The normalized spacial score (nSPS) is 16.5. The van der Waals surface area contributed by atoms with Gasteiger partial charge >= 0.3 is 0 Å². The zero-order valence-corrected chi connectivity index (χ0v) is 11.2. The van der Waals surface area contributed by atoms with Crippen LogP contribution in [0, 0.1) is 6.42 Å². The van der Waals surface area contributed by atoms with Crippen LogP contribution in [0.25, 0.3) is 0 Å². The molecular weight excluding hydrogens is 224 g/mol. The highest BCUT2D eigenvalue weighted by Crippen LogP contribution is 2.24. The summed E-state index contributed by atoms with van der Waals surface area (Å²) in [6.07, 6.45) is 9.77. The summed E-state index contributed by atoms with van der Waals surface area (Å²) in [5.41, 5.74) is 0. The minimum Gasteiger partial charge on any atom is -0.494 e. The standard InChI is InChI=1S/C16H23O2/c1-2-3-13-17-14-9-11-16(12-10-14)18-15-7-5-4-6-8-15/h7,9-12,15H,2-6,8,13H2,1H3. The van der Waals surface area contributed by atoms with Gasteiger partial charge in [0.1, 0.15) is 17.6 Å². The van der Waals surface area contributed by atoms with Gasteiger partial charge in [-0.1, -0.05) is 19.8 Å². The van der Waals surface area contributed by atoms with Gasteiger partial charge in [0, 0.05) is 6.42 Å². The van der Waals surface area contributed by atoms with Crippen molar-refractivity contribution in [3.63, 3.8) is 0 Å². The average Bonchev–Trinajstić information content (AvgIpc) is 2.42. The molecule has 1 fully saturated rings. The van der Waals surface area contributed by atoms with E-state index in [-0.39, 0.29) is 0 Å². The molecule has 0 heterocycles. The van der Waals surface area contributed by atoms with Crippen LogP contribution in [0.15, 0.2) is 24.3 Å². The van der Waals surface area contributed by atoms with E-state index in [0.717, 1.165) is 30.9 Å². The average molecular weight is 247 g/mol. The number of rotatable bonds is 6. The van der Waals surface area contributed by atoms with Crippen LogP contribution < -0.4 is 9.47 Å². The Morgan fingerprint density at radius 3 is 2.56 bits per heavy atom. The molecule has 0 N–H and O–H groups in total. The van der Waals surface area contributed by atoms with Crippen LogP contribution in [0.4, 0.5) is 0 Å². The quantitative estimate of drug-likeness (QED) is 0.694. The van der Waals surface area contributed by atoms with Gasteiger partial charge in [-0.05, 0) is 49.9 Å². The first kappa shape index (κ1) is 13.3. The van der Waals surface area contributed by atoms with Crippen molar-refractivity contribution in [2.45, 2.75) is 51.6 Å². The Morgan fingerprint density at radius 2 is 1.89 bits per heavy atom. The Morgan fingerprint density at radius 1 is 1.11 bits per heavy atom. The molecule has 1 atom stereocenters. The Kier molecular flexibility index (Phi) is 5.37. The molecule has 1 aromatic rings. The van der Waals surface area contributed by atoms with Crippen LogP contribution in [0.1, 0.15) is 45.4 Å². The summed E-state index contributed by atoms with van der Waals surface area (Å²) in [6.45, 7) is 2.97. The van der Waals surface area contributed by atoms with Crippen molar-refractivity contribution in [2.24, 2.45) is 0 Å². The third-order valence-corrected chi connectivity index (χ3v) is 3.25. The van der Waals surface area contributed by atoms with Gasteiger partial charge < -0.3 is 9.47 Å². The largest absolute Gasteiger partial charge is 0.494 e. The minimum absolute atomic E-state index is 0.297. The maximum Gasteiger partial charge on any atom is 0.120 e. The number of ether oxygens (including phenoxy) is 2. The fourth-order valence-electron chi connectivity index (χ4n) is 2.14. The van der Waals surface area contributed by atoms with Crippen LogP contribution in [0.3, 0.4) is 0 Å². The number of benzene rings is 1. The van der Waals surface area contributed by atoms with Crippen LogP contribution in [0.5, 0.6) is 11.5 Å². The van der Waals surface area contributed by atoms with Crippen molar-refractivity contribution in [2.75, 3.05) is 6.61 Å². The van der Waals surface area contributed by atoms with Crippen molar-refractivity contribution in [3.05, 3.63) is 30.7 Å². The van der Waals surface area contributed by atoms with Crippen molar-refractivity contribution in [3.8, 4) is 11.5 Å². The lowest BCUT2D eigenvalue weighted by Crippen LogP contribution is -2.20. The summed E-state index contributed by atoms with van der Waals surface area (Å²) in [5, 5.41) is 0. The summed E-state index contributed by atoms with van der Waals surface area (Å²) in [4.78, 5) is 0. The molecule has 1 radical (unpaired) electrons. The predicted octanol–water partition coefficient (Wildman–Crippen LogP) is 4.39. The van der Waals surface area contributed by atoms with Crippen LogP contribution in [-0.2, 0) is 0 Å². The van der Waals surface area contributed by atoms with Crippen molar-refractivity contribution in [1.29, 1.82) is 0 Å². The minimum atomic E-state index is 0.297. The highest BCUT2D eigenvalue weighted by atomic mass is 16.5. The summed E-state index contributed by atoms with van der Waals surface area (Å²) < 4.78 is 11.6. The first-order chi connectivity index (χ1) is 8.88. The molecule has 1 saturated carbocycles. The molecule has 2 rings (SSSR count).